The van der Waals surface area contributed by atoms with E-state index in [2.05, 4.69) is 9.47 Å². The molecule has 0 bridgehead atoms. The van der Waals surface area contributed by atoms with Crippen LogP contribution in [-0.4, -0.2) is 31.1 Å². The van der Waals surface area contributed by atoms with Crippen LogP contribution in [0, 0.1) is 27.6 Å². The molecule has 142 valence electrons. The van der Waals surface area contributed by atoms with Gasteiger partial charge < -0.3 is 14.4 Å². The second-order valence-corrected chi connectivity index (χ2v) is 4.92. The van der Waals surface area contributed by atoms with Crippen molar-refractivity contribution >= 4 is 23.3 Å². The molecule has 11 heteroatoms. The van der Waals surface area contributed by atoms with Crippen LogP contribution in [0.4, 0.5) is 24.5 Å². The van der Waals surface area contributed by atoms with Crippen LogP contribution in [0.25, 0.3) is 0 Å². The Morgan fingerprint density at radius 3 is 2.26 bits per heavy atom. The van der Waals surface area contributed by atoms with Crippen molar-refractivity contribution < 1.29 is 37.2 Å². The molecule has 0 atom stereocenters. The molecule has 0 saturated heterocycles. The molecule has 0 aromatic heterocycles. The summed E-state index contributed by atoms with van der Waals surface area (Å²) in [5, 5.41) is 11.2. The summed E-state index contributed by atoms with van der Waals surface area (Å²) in [6, 6.07) is 0.0799. The minimum Gasteiger partial charge on any atom is -0.465 e. The zero-order valence-electron chi connectivity index (χ0n) is 13.9. The molecule has 1 aromatic rings. The van der Waals surface area contributed by atoms with E-state index in [-0.39, 0.29) is 6.07 Å². The molecular weight excluding hydrogens is 373 g/mol. The first kappa shape index (κ1) is 19.7. The molecule has 2 rings (SSSR count). The van der Waals surface area contributed by atoms with E-state index in [1.54, 1.807) is 0 Å². The summed E-state index contributed by atoms with van der Waals surface area (Å²) in [4.78, 5) is 34.6. The predicted molar refractivity (Wildman–Crippen MR) is 84.8 cm³/mol. The van der Waals surface area contributed by atoms with Crippen molar-refractivity contribution in [2.75, 3.05) is 19.1 Å². The van der Waals surface area contributed by atoms with E-state index in [9.17, 15) is 32.9 Å². The number of rotatable bonds is 4. The summed E-state index contributed by atoms with van der Waals surface area (Å²) < 4.78 is 51.0. The first-order valence-corrected chi connectivity index (χ1v) is 7.11. The van der Waals surface area contributed by atoms with Gasteiger partial charge >= 0.3 is 17.6 Å². The number of nitrogens with zero attached hydrogens (tertiary/aromatic N) is 2. The molecule has 1 heterocycles. The van der Waals surface area contributed by atoms with Gasteiger partial charge in [0, 0.05) is 12.3 Å². The van der Waals surface area contributed by atoms with Crippen molar-refractivity contribution in [2.45, 2.75) is 0 Å². The van der Waals surface area contributed by atoms with E-state index in [4.69, 9.17) is 0 Å². The molecule has 0 unspecified atom stereocenters. The number of carbonyl (C=O) groups excluding carboxylic acids is 2. The van der Waals surface area contributed by atoms with E-state index < -0.39 is 57.0 Å². The zero-order chi connectivity index (χ0) is 20.3. The molecule has 1 aliphatic heterocycles. The average Bonchev–Trinajstić information content (AvgIpc) is 2.85. The molecule has 0 amide bonds. The van der Waals surface area contributed by atoms with E-state index in [1.165, 1.54) is 12.2 Å². The second kappa shape index (κ2) is 7.72. The molecule has 0 saturated carbocycles. The fraction of sp³-hybridized carbons (Fsp3) is 0.125. The smallest absolute Gasteiger partial charge is 0.355 e. The Morgan fingerprint density at radius 2 is 1.70 bits per heavy atom. The fourth-order valence-electron chi connectivity index (χ4n) is 2.31. The van der Waals surface area contributed by atoms with Gasteiger partial charge in [-0.05, 0) is 12.2 Å². The lowest BCUT2D eigenvalue weighted by Gasteiger charge is -2.23. The Balaban J connectivity index is 2.91. The predicted octanol–water partition coefficient (Wildman–Crippen LogP) is 2.50. The van der Waals surface area contributed by atoms with Crippen LogP contribution in [0.15, 0.2) is 41.8 Å². The molecule has 27 heavy (non-hydrogen) atoms. The first-order valence-electron chi connectivity index (χ1n) is 7.11. The normalized spacial score (nSPS) is 13.4. The monoisotopic (exact) mass is 384 g/mol. The highest BCUT2D eigenvalue weighted by Gasteiger charge is 2.36. The maximum atomic E-state index is 14.4. The summed E-state index contributed by atoms with van der Waals surface area (Å²) in [6.07, 6.45) is 4.49. The van der Waals surface area contributed by atoms with Gasteiger partial charge in [0.05, 0.1) is 24.7 Å². The third-order valence-corrected chi connectivity index (χ3v) is 3.43. The van der Waals surface area contributed by atoms with Crippen LogP contribution in [0.2, 0.25) is 0 Å². The van der Waals surface area contributed by atoms with Crippen LogP contribution in [0.5, 0.6) is 0 Å². The molecule has 8 nitrogen and oxygen atoms in total. The molecule has 1 aliphatic rings. The van der Waals surface area contributed by atoms with Crippen molar-refractivity contribution in [2.24, 2.45) is 0 Å². The summed E-state index contributed by atoms with van der Waals surface area (Å²) >= 11 is 0. The van der Waals surface area contributed by atoms with Gasteiger partial charge in [-0.2, -0.15) is 4.39 Å². The Morgan fingerprint density at radius 1 is 1.07 bits per heavy atom. The third-order valence-electron chi connectivity index (χ3n) is 3.43. The number of benzene rings is 1. The summed E-state index contributed by atoms with van der Waals surface area (Å²) in [5.74, 6) is -7.53. The lowest BCUT2D eigenvalue weighted by Crippen LogP contribution is -2.28. The van der Waals surface area contributed by atoms with Crippen LogP contribution < -0.4 is 4.90 Å². The maximum Gasteiger partial charge on any atom is 0.355 e. The van der Waals surface area contributed by atoms with Crippen LogP contribution in [0.3, 0.4) is 0 Å². The van der Waals surface area contributed by atoms with Crippen LogP contribution in [-0.2, 0) is 19.1 Å². The number of anilines is 1. The maximum absolute atomic E-state index is 14.4. The van der Waals surface area contributed by atoms with Gasteiger partial charge in [0.1, 0.15) is 5.70 Å². The lowest BCUT2D eigenvalue weighted by molar-refractivity contribution is -0.387. The van der Waals surface area contributed by atoms with Gasteiger partial charge in [-0.25, -0.2) is 18.4 Å². The van der Waals surface area contributed by atoms with Crippen molar-refractivity contribution in [3.63, 3.8) is 0 Å². The molecule has 0 radical (unpaired) electrons. The van der Waals surface area contributed by atoms with Gasteiger partial charge in [-0.15, -0.1) is 0 Å². The number of hydrogen-bond acceptors (Lipinski definition) is 7. The van der Waals surface area contributed by atoms with Gasteiger partial charge in [-0.3, -0.25) is 10.1 Å². The molecule has 0 N–H and O–H groups in total. The van der Waals surface area contributed by atoms with Gasteiger partial charge in [-0.1, -0.05) is 6.08 Å². The number of nitro benzene ring substituents is 1. The largest absolute Gasteiger partial charge is 0.465 e. The van der Waals surface area contributed by atoms with Crippen molar-refractivity contribution in [1.29, 1.82) is 0 Å². The topological polar surface area (TPSA) is 99.0 Å². The highest BCUT2D eigenvalue weighted by atomic mass is 19.2. The summed E-state index contributed by atoms with van der Waals surface area (Å²) in [6.45, 7) is 0. The Kier molecular flexibility index (Phi) is 5.63. The highest BCUT2D eigenvalue weighted by Crippen LogP contribution is 2.38. The lowest BCUT2D eigenvalue weighted by atomic mass is 10.1. The quantitative estimate of drug-likeness (QED) is 0.340. The van der Waals surface area contributed by atoms with Crippen molar-refractivity contribution in [3.05, 3.63) is 69.3 Å². The average molecular weight is 384 g/mol. The minimum absolute atomic E-state index is 0.0799. The Bertz CT molecular complexity index is 923. The van der Waals surface area contributed by atoms with Crippen LogP contribution >= 0.6 is 0 Å². The first-order chi connectivity index (χ1) is 12.7. The number of ether oxygens (including phenoxy) is 2. The van der Waals surface area contributed by atoms with E-state index in [0.29, 0.717) is 4.90 Å². The fourth-order valence-corrected chi connectivity index (χ4v) is 2.31. The molecule has 0 fully saturated rings. The van der Waals surface area contributed by atoms with Crippen molar-refractivity contribution in [1.82, 2.24) is 0 Å². The number of esters is 2. The molecule has 0 spiro atoms. The zero-order valence-corrected chi connectivity index (χ0v) is 13.9. The van der Waals surface area contributed by atoms with Gasteiger partial charge in [0.15, 0.2) is 17.3 Å². The van der Waals surface area contributed by atoms with E-state index >= 15 is 0 Å². The van der Waals surface area contributed by atoms with Crippen molar-refractivity contribution in [3.8, 4) is 0 Å². The minimum atomic E-state index is -1.94. The third kappa shape index (κ3) is 3.52. The summed E-state index contributed by atoms with van der Waals surface area (Å²) in [7, 11) is 1.94. The van der Waals surface area contributed by atoms with Gasteiger partial charge in [0.25, 0.3) is 0 Å². The Labute approximate surface area is 149 Å². The SMILES string of the molecule is COC(=O)C1=C(C(=O)OC)N(c2c(F)cc(F)c(F)c2[N+](=O)[O-])C=CC=C1. The number of hydrogen-bond donors (Lipinski definition) is 0. The Hall–Kier alpha value is -3.63. The number of carbonyl (C=O) groups is 2. The highest BCUT2D eigenvalue weighted by molar-refractivity contribution is 6.05. The molecule has 0 aliphatic carbocycles. The number of allylic oxidation sites excluding steroid dienone is 2. The molecule has 1 aromatic carbocycles. The standard InChI is InChI=1S/C16H11F3N2O6/c1-26-15(22)8-5-3-4-6-20(12(8)16(23)27-2)13-10(18)7-9(17)11(19)14(13)21(24)25/h3-7H,1-2H3. The molecular formula is C16H11F3N2O6. The van der Waals surface area contributed by atoms with E-state index in [0.717, 1.165) is 26.5 Å². The second-order valence-electron chi connectivity index (χ2n) is 4.92. The number of methoxy groups -OCH3 is 2. The van der Waals surface area contributed by atoms with Crippen LogP contribution in [0.1, 0.15) is 0 Å². The summed E-state index contributed by atoms with van der Waals surface area (Å²) in [5.41, 5.74) is -3.81. The van der Waals surface area contributed by atoms with Gasteiger partial charge in [0.2, 0.25) is 5.82 Å². The van der Waals surface area contributed by atoms with E-state index in [1.807, 2.05) is 0 Å². The number of halogens is 3. The number of nitro groups is 1.